The van der Waals surface area contributed by atoms with Gasteiger partial charge in [-0.05, 0) is 55.8 Å². The molecule has 0 atom stereocenters. The van der Waals surface area contributed by atoms with Gasteiger partial charge in [0.05, 0.1) is 25.9 Å². The minimum absolute atomic E-state index is 0.198. The van der Waals surface area contributed by atoms with Gasteiger partial charge in [0, 0.05) is 11.4 Å². The molecule has 3 aromatic carbocycles. The topological polar surface area (TPSA) is 90.3 Å². The number of anilines is 1. The molecule has 36 heavy (non-hydrogen) atoms. The Bertz CT molecular complexity index is 1310. The van der Waals surface area contributed by atoms with Crippen LogP contribution in [0.25, 0.3) is 5.69 Å². The molecule has 9 heteroatoms. The normalized spacial score (nSPS) is 10.6. The maximum atomic E-state index is 12.7. The van der Waals surface area contributed by atoms with Crippen LogP contribution in [0.3, 0.4) is 0 Å². The van der Waals surface area contributed by atoms with E-state index in [1.165, 1.54) is 0 Å². The highest BCUT2D eigenvalue weighted by Gasteiger charge is 2.16. The minimum atomic E-state index is -0.355. The molecule has 0 aliphatic rings. The molecule has 0 bridgehead atoms. The number of hydrogen-bond acceptors (Lipinski definition) is 6. The van der Waals surface area contributed by atoms with Crippen molar-refractivity contribution in [3.63, 3.8) is 0 Å². The summed E-state index contributed by atoms with van der Waals surface area (Å²) in [7, 11) is 1.66. The second kappa shape index (κ2) is 12.1. The van der Waals surface area contributed by atoms with Crippen LogP contribution in [0.1, 0.15) is 23.9 Å². The lowest BCUT2D eigenvalue weighted by molar-refractivity contribution is 0.251. The van der Waals surface area contributed by atoms with E-state index in [9.17, 15) is 4.79 Å². The maximum absolute atomic E-state index is 12.7. The van der Waals surface area contributed by atoms with E-state index >= 15 is 0 Å². The van der Waals surface area contributed by atoms with E-state index in [0.29, 0.717) is 29.6 Å². The lowest BCUT2D eigenvalue weighted by Crippen LogP contribution is -2.29. The van der Waals surface area contributed by atoms with E-state index in [2.05, 4.69) is 26.9 Å². The Morgan fingerprint density at radius 2 is 1.83 bits per heavy atom. The molecule has 4 aromatic rings. The highest BCUT2D eigenvalue weighted by Crippen LogP contribution is 2.27. The van der Waals surface area contributed by atoms with E-state index in [0.717, 1.165) is 27.7 Å². The van der Waals surface area contributed by atoms with Gasteiger partial charge in [-0.3, -0.25) is 4.57 Å². The number of amides is 2. The van der Waals surface area contributed by atoms with Gasteiger partial charge in [-0.1, -0.05) is 53.7 Å². The molecule has 8 nitrogen and oxygen atoms in total. The number of nitrogens with zero attached hydrogens (tertiary/aromatic N) is 3. The molecule has 0 unspecified atom stereocenters. The van der Waals surface area contributed by atoms with Crippen molar-refractivity contribution in [2.75, 3.05) is 19.0 Å². The Morgan fingerprint density at radius 1 is 1.03 bits per heavy atom. The summed E-state index contributed by atoms with van der Waals surface area (Å²) in [4.78, 5) is 12.7. The third-order valence-corrected chi connectivity index (χ3v) is 6.34. The van der Waals surface area contributed by atoms with Crippen molar-refractivity contribution < 1.29 is 14.3 Å². The molecule has 0 aliphatic heterocycles. The van der Waals surface area contributed by atoms with Crippen molar-refractivity contribution >= 4 is 23.5 Å². The number of aryl methyl sites for hydroxylation is 1. The van der Waals surface area contributed by atoms with Gasteiger partial charge in [-0.2, -0.15) is 0 Å². The zero-order chi connectivity index (χ0) is 25.3. The second-order valence-corrected chi connectivity index (χ2v) is 8.89. The van der Waals surface area contributed by atoms with E-state index in [-0.39, 0.29) is 12.6 Å². The van der Waals surface area contributed by atoms with E-state index in [1.807, 2.05) is 79.1 Å². The Kier molecular flexibility index (Phi) is 8.46. The third kappa shape index (κ3) is 6.37. The number of carbonyl (C=O) groups is 1. The number of nitrogens with one attached hydrogen (secondary N) is 2. The maximum Gasteiger partial charge on any atom is 0.319 e. The van der Waals surface area contributed by atoms with Gasteiger partial charge in [0.25, 0.3) is 0 Å². The van der Waals surface area contributed by atoms with Crippen LogP contribution in [0.4, 0.5) is 10.5 Å². The third-order valence-electron chi connectivity index (χ3n) is 5.34. The molecule has 186 valence electrons. The van der Waals surface area contributed by atoms with Gasteiger partial charge in [-0.15, -0.1) is 10.2 Å². The van der Waals surface area contributed by atoms with Gasteiger partial charge >= 0.3 is 6.03 Å². The van der Waals surface area contributed by atoms with Crippen molar-refractivity contribution in [1.29, 1.82) is 0 Å². The highest BCUT2D eigenvalue weighted by molar-refractivity contribution is 7.98. The summed E-state index contributed by atoms with van der Waals surface area (Å²) in [5.41, 5.74) is 3.80. The summed E-state index contributed by atoms with van der Waals surface area (Å²) in [6, 6.07) is 23.1. The molecule has 0 fully saturated rings. The fourth-order valence-electron chi connectivity index (χ4n) is 3.55. The monoisotopic (exact) mass is 503 g/mol. The minimum Gasteiger partial charge on any atom is -0.497 e. The predicted molar refractivity (Wildman–Crippen MR) is 142 cm³/mol. The molecule has 0 saturated heterocycles. The molecule has 0 spiro atoms. The van der Waals surface area contributed by atoms with Crippen molar-refractivity contribution in [2.45, 2.75) is 31.3 Å². The van der Waals surface area contributed by atoms with Crippen molar-refractivity contribution in [1.82, 2.24) is 20.1 Å². The van der Waals surface area contributed by atoms with E-state index in [1.54, 1.807) is 24.9 Å². The summed E-state index contributed by atoms with van der Waals surface area (Å²) < 4.78 is 12.9. The molecular formula is C27H29N5O3S. The molecular weight excluding hydrogens is 474 g/mol. The van der Waals surface area contributed by atoms with E-state index in [4.69, 9.17) is 9.47 Å². The number of thioether (sulfide) groups is 1. The highest BCUT2D eigenvalue weighted by atomic mass is 32.2. The quantitative estimate of drug-likeness (QED) is 0.274. The lowest BCUT2D eigenvalue weighted by Gasteiger charge is -2.13. The first kappa shape index (κ1) is 25.1. The van der Waals surface area contributed by atoms with Crippen LogP contribution in [-0.2, 0) is 12.3 Å². The number of rotatable bonds is 10. The Morgan fingerprint density at radius 3 is 2.61 bits per heavy atom. The summed E-state index contributed by atoms with van der Waals surface area (Å²) in [5, 5.41) is 15.3. The van der Waals surface area contributed by atoms with Crippen LogP contribution < -0.4 is 20.1 Å². The van der Waals surface area contributed by atoms with Gasteiger partial charge in [0.15, 0.2) is 11.0 Å². The first-order valence-corrected chi connectivity index (χ1v) is 12.6. The fourth-order valence-corrected chi connectivity index (χ4v) is 4.46. The first-order valence-electron chi connectivity index (χ1n) is 11.6. The van der Waals surface area contributed by atoms with Crippen LogP contribution >= 0.6 is 11.8 Å². The number of ether oxygens (including phenoxy) is 2. The predicted octanol–water partition coefficient (Wildman–Crippen LogP) is 5.60. The van der Waals surface area contributed by atoms with E-state index < -0.39 is 0 Å². The number of hydrogen-bond donors (Lipinski definition) is 2. The zero-order valence-corrected chi connectivity index (χ0v) is 21.3. The SMILES string of the molecule is CCOc1ccccc1NC(=O)NCc1nnc(SCc2cccc(OC)c2)n1-c1ccc(C)cc1. The van der Waals surface area contributed by atoms with Gasteiger partial charge in [0.1, 0.15) is 11.5 Å². The number of urea groups is 1. The molecule has 2 N–H and O–H groups in total. The van der Waals surface area contributed by atoms with Gasteiger partial charge < -0.3 is 20.1 Å². The number of methoxy groups -OCH3 is 1. The average Bonchev–Trinajstić information content (AvgIpc) is 3.31. The zero-order valence-electron chi connectivity index (χ0n) is 20.5. The summed E-state index contributed by atoms with van der Waals surface area (Å²) in [5.74, 6) is 2.76. The molecule has 0 saturated carbocycles. The summed E-state index contributed by atoms with van der Waals surface area (Å²) in [6.45, 7) is 4.65. The lowest BCUT2D eigenvalue weighted by atomic mass is 10.2. The fraction of sp³-hybridized carbons (Fsp3) is 0.222. The Hall–Kier alpha value is -3.98. The van der Waals surface area contributed by atoms with Crippen LogP contribution in [-0.4, -0.2) is 34.5 Å². The summed E-state index contributed by atoms with van der Waals surface area (Å²) >= 11 is 1.57. The molecule has 1 aromatic heterocycles. The second-order valence-electron chi connectivity index (χ2n) is 7.95. The van der Waals surface area contributed by atoms with Gasteiger partial charge in [0.2, 0.25) is 0 Å². The molecule has 0 aliphatic carbocycles. The van der Waals surface area contributed by atoms with Crippen LogP contribution in [0, 0.1) is 6.92 Å². The Balaban J connectivity index is 1.50. The largest absolute Gasteiger partial charge is 0.497 e. The smallest absolute Gasteiger partial charge is 0.319 e. The van der Waals surface area contributed by atoms with Crippen molar-refractivity contribution in [3.8, 4) is 17.2 Å². The average molecular weight is 504 g/mol. The number of aromatic nitrogens is 3. The molecule has 0 radical (unpaired) electrons. The van der Waals surface area contributed by atoms with Crippen molar-refractivity contribution in [2.24, 2.45) is 0 Å². The molecule has 1 heterocycles. The van der Waals surface area contributed by atoms with Crippen LogP contribution in [0.15, 0.2) is 78.0 Å². The van der Waals surface area contributed by atoms with Gasteiger partial charge in [-0.25, -0.2) is 4.79 Å². The summed E-state index contributed by atoms with van der Waals surface area (Å²) in [6.07, 6.45) is 0. The standard InChI is InChI=1S/C27H29N5O3S/c1-4-35-24-11-6-5-10-23(24)29-26(33)28-17-25-30-31-27(32(25)21-14-12-19(2)13-15-21)36-18-20-8-7-9-22(16-20)34-3/h5-16H,4,17-18H2,1-3H3,(H2,28,29,33). The van der Waals surface area contributed by atoms with Crippen molar-refractivity contribution in [3.05, 3.63) is 89.7 Å². The molecule has 2 amide bonds. The number of benzene rings is 3. The number of carbonyl (C=O) groups excluding carboxylic acids is 1. The Labute approximate surface area is 215 Å². The van der Waals surface area contributed by atoms with Crippen LogP contribution in [0.2, 0.25) is 0 Å². The van der Waals surface area contributed by atoms with Crippen LogP contribution in [0.5, 0.6) is 11.5 Å². The first-order chi connectivity index (χ1) is 17.6. The molecule has 4 rings (SSSR count). The number of para-hydroxylation sites is 2.